The van der Waals surface area contributed by atoms with E-state index in [-0.39, 0.29) is 23.8 Å². The van der Waals surface area contributed by atoms with Crippen LogP contribution < -0.4 is 10.6 Å². The number of benzene rings is 1. The molecule has 0 saturated carbocycles. The Morgan fingerprint density at radius 2 is 2.30 bits per heavy atom. The lowest BCUT2D eigenvalue weighted by atomic mass is 9.92. The number of nitriles is 1. The number of nitrogens with zero attached hydrogens (tertiary/aromatic N) is 1. The molecule has 2 amide bonds. The molecule has 1 aromatic carbocycles. The Bertz CT molecular complexity index is 953. The van der Waals surface area contributed by atoms with E-state index in [0.29, 0.717) is 20.8 Å². The monoisotopic (exact) mass is 449 g/mol. The SMILES string of the molecule is N#CC1=C(SCC(=O)Nc2ccc(Br)cc2F)NC(=O)C[C@@H]1c1ccco1. The van der Waals surface area contributed by atoms with Crippen LogP contribution in [0.2, 0.25) is 0 Å². The van der Waals surface area contributed by atoms with E-state index in [4.69, 9.17) is 4.42 Å². The van der Waals surface area contributed by atoms with Gasteiger partial charge in [0.2, 0.25) is 11.8 Å². The van der Waals surface area contributed by atoms with Gasteiger partial charge in [0.05, 0.1) is 40.3 Å². The molecule has 9 heteroatoms. The van der Waals surface area contributed by atoms with Crippen molar-refractivity contribution in [3.8, 4) is 6.07 Å². The lowest BCUT2D eigenvalue weighted by Gasteiger charge is -2.23. The second-order valence-electron chi connectivity index (χ2n) is 5.64. The van der Waals surface area contributed by atoms with Crippen LogP contribution in [0.4, 0.5) is 10.1 Å². The summed E-state index contributed by atoms with van der Waals surface area (Å²) in [4.78, 5) is 24.1. The number of anilines is 1. The van der Waals surface area contributed by atoms with Crippen molar-refractivity contribution in [3.05, 3.63) is 63.2 Å². The fourth-order valence-electron chi connectivity index (χ4n) is 2.58. The maximum absolute atomic E-state index is 13.8. The Hall–Kier alpha value is -2.57. The van der Waals surface area contributed by atoms with Crippen LogP contribution in [0.25, 0.3) is 0 Å². The highest BCUT2D eigenvalue weighted by molar-refractivity contribution is 9.10. The van der Waals surface area contributed by atoms with Crippen molar-refractivity contribution < 1.29 is 18.4 Å². The Labute approximate surface area is 166 Å². The van der Waals surface area contributed by atoms with E-state index >= 15 is 0 Å². The molecule has 0 aliphatic carbocycles. The van der Waals surface area contributed by atoms with E-state index in [1.165, 1.54) is 18.4 Å². The van der Waals surface area contributed by atoms with Gasteiger partial charge < -0.3 is 15.1 Å². The minimum atomic E-state index is -0.566. The smallest absolute Gasteiger partial charge is 0.234 e. The maximum Gasteiger partial charge on any atom is 0.234 e. The van der Waals surface area contributed by atoms with Crippen molar-refractivity contribution >= 4 is 45.2 Å². The molecule has 1 aromatic heterocycles. The number of amides is 2. The highest BCUT2D eigenvalue weighted by atomic mass is 79.9. The Kier molecular flexibility index (Phi) is 5.98. The minimum Gasteiger partial charge on any atom is -0.469 e. The summed E-state index contributed by atoms with van der Waals surface area (Å²) in [6.07, 6.45) is 1.57. The first-order valence-corrected chi connectivity index (χ1v) is 9.61. The third-order valence-electron chi connectivity index (χ3n) is 3.80. The molecule has 6 nitrogen and oxygen atoms in total. The summed E-state index contributed by atoms with van der Waals surface area (Å²) in [5.41, 5.74) is 0.386. The van der Waals surface area contributed by atoms with Crippen molar-refractivity contribution in [3.63, 3.8) is 0 Å². The number of hydrogen-bond acceptors (Lipinski definition) is 5. The normalized spacial score (nSPS) is 16.6. The average molecular weight is 450 g/mol. The fourth-order valence-corrected chi connectivity index (χ4v) is 3.79. The van der Waals surface area contributed by atoms with Crippen molar-refractivity contribution in [1.29, 1.82) is 5.26 Å². The number of furan rings is 1. The van der Waals surface area contributed by atoms with Crippen LogP contribution in [0, 0.1) is 17.1 Å². The molecule has 27 heavy (non-hydrogen) atoms. The maximum atomic E-state index is 13.8. The molecule has 0 spiro atoms. The van der Waals surface area contributed by atoms with Gasteiger partial charge >= 0.3 is 0 Å². The highest BCUT2D eigenvalue weighted by Crippen LogP contribution is 2.36. The first-order valence-electron chi connectivity index (χ1n) is 7.83. The molecule has 0 fully saturated rings. The summed E-state index contributed by atoms with van der Waals surface area (Å²) in [6.45, 7) is 0. The number of carbonyl (C=O) groups is 2. The topological polar surface area (TPSA) is 95.1 Å². The molecular weight excluding hydrogens is 437 g/mol. The molecule has 138 valence electrons. The lowest BCUT2D eigenvalue weighted by Crippen LogP contribution is -2.31. The zero-order chi connectivity index (χ0) is 19.4. The predicted octanol–water partition coefficient (Wildman–Crippen LogP) is 3.89. The number of thioether (sulfide) groups is 1. The highest BCUT2D eigenvalue weighted by Gasteiger charge is 2.31. The van der Waals surface area contributed by atoms with Crippen molar-refractivity contribution in [2.75, 3.05) is 11.1 Å². The van der Waals surface area contributed by atoms with E-state index < -0.39 is 17.6 Å². The molecular formula is C18H13BrFN3O3S. The van der Waals surface area contributed by atoms with Gasteiger partial charge in [-0.1, -0.05) is 27.7 Å². The first-order chi connectivity index (χ1) is 13.0. The molecule has 2 aromatic rings. The van der Waals surface area contributed by atoms with Crippen LogP contribution in [0.3, 0.4) is 0 Å². The zero-order valence-electron chi connectivity index (χ0n) is 13.8. The van der Waals surface area contributed by atoms with Crippen LogP contribution in [0.5, 0.6) is 0 Å². The predicted molar refractivity (Wildman–Crippen MR) is 102 cm³/mol. The zero-order valence-corrected chi connectivity index (χ0v) is 16.2. The molecule has 0 bridgehead atoms. The average Bonchev–Trinajstić information content (AvgIpc) is 3.16. The molecule has 1 aliphatic rings. The van der Waals surface area contributed by atoms with Crippen molar-refractivity contribution in [1.82, 2.24) is 5.32 Å². The summed E-state index contributed by atoms with van der Waals surface area (Å²) in [6, 6.07) is 9.77. The quantitative estimate of drug-likeness (QED) is 0.721. The van der Waals surface area contributed by atoms with Crippen LogP contribution >= 0.6 is 27.7 Å². The molecule has 0 saturated heterocycles. The molecule has 3 rings (SSSR count). The van der Waals surface area contributed by atoms with Gasteiger partial charge in [-0.15, -0.1) is 0 Å². The van der Waals surface area contributed by atoms with Gasteiger partial charge in [0.15, 0.2) is 0 Å². The van der Waals surface area contributed by atoms with E-state index in [1.807, 2.05) is 0 Å². The first kappa shape index (κ1) is 19.2. The molecule has 2 N–H and O–H groups in total. The second-order valence-corrected chi connectivity index (χ2v) is 7.54. The minimum absolute atomic E-state index is 0.0550. The van der Waals surface area contributed by atoms with Gasteiger partial charge in [-0.05, 0) is 30.3 Å². The Morgan fingerprint density at radius 1 is 1.48 bits per heavy atom. The summed E-state index contributed by atoms with van der Waals surface area (Å²) in [7, 11) is 0. The van der Waals surface area contributed by atoms with Gasteiger partial charge in [-0.3, -0.25) is 9.59 Å². The van der Waals surface area contributed by atoms with Gasteiger partial charge in [0, 0.05) is 10.9 Å². The standard InChI is InChI=1S/C18H13BrFN3O3S/c19-10-3-4-14(13(20)6-10)22-17(25)9-27-18-12(8-21)11(7-16(24)23-18)15-2-1-5-26-15/h1-6,11H,7,9H2,(H,22,25)(H,23,24)/t11-/m0/s1. The van der Waals surface area contributed by atoms with E-state index in [2.05, 4.69) is 32.6 Å². The summed E-state index contributed by atoms with van der Waals surface area (Å²) < 4.78 is 19.7. The number of carbonyl (C=O) groups excluding carboxylic acids is 2. The number of nitrogens with one attached hydrogen (secondary N) is 2. The van der Waals surface area contributed by atoms with Gasteiger partial charge in [0.25, 0.3) is 0 Å². The van der Waals surface area contributed by atoms with Gasteiger partial charge in [0.1, 0.15) is 11.6 Å². The van der Waals surface area contributed by atoms with E-state index in [1.54, 1.807) is 18.2 Å². The molecule has 1 atom stereocenters. The largest absolute Gasteiger partial charge is 0.469 e. The van der Waals surface area contributed by atoms with E-state index in [9.17, 15) is 19.2 Å². The number of hydrogen-bond donors (Lipinski definition) is 2. The molecule has 2 heterocycles. The second kappa shape index (κ2) is 8.41. The van der Waals surface area contributed by atoms with Crippen LogP contribution in [0.15, 0.2) is 56.1 Å². The van der Waals surface area contributed by atoms with E-state index in [0.717, 1.165) is 11.8 Å². The Morgan fingerprint density at radius 3 is 2.96 bits per heavy atom. The number of allylic oxidation sites excluding steroid dienone is 1. The molecule has 1 aliphatic heterocycles. The molecule has 0 radical (unpaired) electrons. The molecule has 0 unspecified atom stereocenters. The number of halogens is 2. The fraction of sp³-hybridized carbons (Fsp3) is 0.167. The third kappa shape index (κ3) is 4.59. The van der Waals surface area contributed by atoms with Gasteiger partial charge in [-0.25, -0.2) is 4.39 Å². The lowest BCUT2D eigenvalue weighted by molar-refractivity contribution is -0.121. The summed E-state index contributed by atoms with van der Waals surface area (Å²) in [5, 5.41) is 14.9. The van der Waals surface area contributed by atoms with Crippen molar-refractivity contribution in [2.24, 2.45) is 0 Å². The third-order valence-corrected chi connectivity index (χ3v) is 5.31. The van der Waals surface area contributed by atoms with Crippen LogP contribution in [0.1, 0.15) is 18.1 Å². The summed E-state index contributed by atoms with van der Waals surface area (Å²) >= 11 is 4.16. The van der Waals surface area contributed by atoms with Gasteiger partial charge in [-0.2, -0.15) is 5.26 Å². The Balaban J connectivity index is 1.72. The number of rotatable bonds is 5. The summed E-state index contributed by atoms with van der Waals surface area (Å²) in [5.74, 6) is -1.36. The van der Waals surface area contributed by atoms with Crippen LogP contribution in [-0.2, 0) is 9.59 Å². The van der Waals surface area contributed by atoms with Crippen molar-refractivity contribution in [2.45, 2.75) is 12.3 Å². The van der Waals surface area contributed by atoms with Crippen LogP contribution in [-0.4, -0.2) is 17.6 Å².